The van der Waals surface area contributed by atoms with Crippen LogP contribution in [0.25, 0.3) is 10.0 Å². The minimum absolute atomic E-state index is 0. The number of hydrogen-bond acceptors (Lipinski definition) is 4. The van der Waals surface area contributed by atoms with Crippen molar-refractivity contribution in [2.24, 2.45) is 10.9 Å². The maximum atomic E-state index is 11.1. The van der Waals surface area contributed by atoms with Crippen LogP contribution in [-0.2, 0) is 0 Å². The Balaban J connectivity index is 0.00000156. The van der Waals surface area contributed by atoms with Gasteiger partial charge in [0.1, 0.15) is 0 Å². The monoisotopic (exact) mass is 396 g/mol. The SMILES string of the molecule is NC(=O)c1cc[n+](-c2ccc(-[n+]3cccc(/C=N/O)c3)s2)cc1.[Cl-].[Cl-]. The highest BCUT2D eigenvalue weighted by molar-refractivity contribution is 7.15. The van der Waals surface area contributed by atoms with Gasteiger partial charge in [0.05, 0.1) is 17.3 Å². The lowest BCUT2D eigenvalue weighted by atomic mass is 10.2. The average Bonchev–Trinajstić information content (AvgIpc) is 3.05. The number of rotatable bonds is 4. The molecule has 9 heteroatoms. The highest BCUT2D eigenvalue weighted by atomic mass is 35.5. The number of primary amides is 1. The molecule has 0 atom stereocenters. The van der Waals surface area contributed by atoms with Crippen molar-refractivity contribution >= 4 is 23.5 Å². The van der Waals surface area contributed by atoms with Crippen molar-refractivity contribution in [2.75, 3.05) is 0 Å². The maximum absolute atomic E-state index is 11.1. The highest BCUT2D eigenvalue weighted by Crippen LogP contribution is 2.16. The van der Waals surface area contributed by atoms with Crippen LogP contribution in [0.5, 0.6) is 0 Å². The molecular weight excluding hydrogens is 383 g/mol. The van der Waals surface area contributed by atoms with E-state index in [1.165, 1.54) is 6.21 Å². The first-order valence-electron chi connectivity index (χ1n) is 6.78. The van der Waals surface area contributed by atoms with E-state index in [2.05, 4.69) is 5.16 Å². The zero-order chi connectivity index (χ0) is 16.2. The largest absolute Gasteiger partial charge is 1.00 e. The van der Waals surface area contributed by atoms with E-state index in [1.54, 1.807) is 35.9 Å². The van der Waals surface area contributed by atoms with Crippen molar-refractivity contribution in [3.8, 4) is 10.0 Å². The van der Waals surface area contributed by atoms with Crippen LogP contribution < -0.4 is 39.7 Å². The minimum Gasteiger partial charge on any atom is -1.00 e. The van der Waals surface area contributed by atoms with Gasteiger partial charge < -0.3 is 35.8 Å². The average molecular weight is 397 g/mol. The summed E-state index contributed by atoms with van der Waals surface area (Å²) in [6, 6.07) is 11.1. The first kappa shape index (κ1) is 20.6. The molecule has 0 unspecified atom stereocenters. The summed E-state index contributed by atoms with van der Waals surface area (Å²) >= 11 is 1.58. The number of hydrogen-bond donors (Lipinski definition) is 2. The summed E-state index contributed by atoms with van der Waals surface area (Å²) in [5, 5.41) is 13.7. The molecule has 3 aromatic heterocycles. The molecule has 3 heterocycles. The molecule has 0 saturated heterocycles. The van der Waals surface area contributed by atoms with Gasteiger partial charge in [0, 0.05) is 30.3 Å². The van der Waals surface area contributed by atoms with Crippen LogP contribution in [0.1, 0.15) is 15.9 Å². The summed E-state index contributed by atoms with van der Waals surface area (Å²) in [6.45, 7) is 0. The van der Waals surface area contributed by atoms with Gasteiger partial charge in [-0.05, 0) is 17.4 Å². The molecule has 3 aromatic rings. The summed E-state index contributed by atoms with van der Waals surface area (Å²) < 4.78 is 3.86. The predicted molar refractivity (Wildman–Crippen MR) is 85.3 cm³/mol. The fraction of sp³-hybridized carbons (Fsp3) is 0. The first-order valence-corrected chi connectivity index (χ1v) is 7.59. The molecule has 0 aliphatic rings. The molecule has 3 N–H and O–H groups in total. The molecule has 3 rings (SSSR count). The van der Waals surface area contributed by atoms with Crippen LogP contribution in [0, 0.1) is 0 Å². The van der Waals surface area contributed by atoms with E-state index in [0.717, 1.165) is 15.6 Å². The van der Waals surface area contributed by atoms with Crippen LogP contribution in [0.3, 0.4) is 0 Å². The van der Waals surface area contributed by atoms with Gasteiger partial charge in [0.25, 0.3) is 10.0 Å². The van der Waals surface area contributed by atoms with E-state index in [0.29, 0.717) is 5.56 Å². The Morgan fingerprint density at radius 2 is 1.68 bits per heavy atom. The molecule has 0 saturated carbocycles. The third-order valence-electron chi connectivity index (χ3n) is 3.23. The third kappa shape index (κ3) is 4.76. The van der Waals surface area contributed by atoms with Crippen LogP contribution in [0.2, 0.25) is 0 Å². The van der Waals surface area contributed by atoms with E-state index in [4.69, 9.17) is 10.9 Å². The molecule has 0 aliphatic heterocycles. The highest BCUT2D eigenvalue weighted by Gasteiger charge is 2.16. The number of carbonyl (C=O) groups is 1. The Morgan fingerprint density at radius 3 is 2.28 bits per heavy atom. The number of carbonyl (C=O) groups excluding carboxylic acids is 1. The molecule has 0 radical (unpaired) electrons. The van der Waals surface area contributed by atoms with Crippen molar-refractivity contribution in [1.82, 2.24) is 0 Å². The fourth-order valence-electron chi connectivity index (χ4n) is 2.11. The quantitative estimate of drug-likeness (QED) is 0.201. The summed E-state index contributed by atoms with van der Waals surface area (Å²) in [5.74, 6) is -0.443. The van der Waals surface area contributed by atoms with E-state index in [9.17, 15) is 4.79 Å². The second-order valence-corrected chi connectivity index (χ2v) is 5.80. The van der Waals surface area contributed by atoms with Crippen molar-refractivity contribution in [3.63, 3.8) is 0 Å². The minimum atomic E-state index is -0.443. The van der Waals surface area contributed by atoms with Gasteiger partial charge in [-0.1, -0.05) is 5.16 Å². The summed E-state index contributed by atoms with van der Waals surface area (Å²) in [7, 11) is 0. The van der Waals surface area contributed by atoms with E-state index in [-0.39, 0.29) is 24.8 Å². The number of amides is 1. The Kier molecular flexibility index (Phi) is 7.50. The standard InChI is InChI=1S/C16H12N4O2S.2ClH/c17-16(21)13-5-8-19(9-6-13)14-3-4-15(23-14)20-7-1-2-12(11-20)10-18-22;;/h1-11H,(H-2,17,21,22);2*1H/b18-10+;;. The fourth-order valence-corrected chi connectivity index (χ4v) is 3.04. The second-order valence-electron chi connectivity index (χ2n) is 4.76. The van der Waals surface area contributed by atoms with E-state index < -0.39 is 5.91 Å². The number of pyridine rings is 2. The van der Waals surface area contributed by atoms with E-state index in [1.807, 2.05) is 45.8 Å². The lowest BCUT2D eigenvalue weighted by Crippen LogP contribution is -3.00. The molecule has 1 amide bonds. The van der Waals surface area contributed by atoms with Gasteiger partial charge in [0.2, 0.25) is 5.91 Å². The third-order valence-corrected chi connectivity index (χ3v) is 4.34. The number of aromatic nitrogens is 2. The number of oxime groups is 1. The molecule has 25 heavy (non-hydrogen) atoms. The summed E-state index contributed by atoms with van der Waals surface area (Å²) in [4.78, 5) is 11.1. The molecule has 0 bridgehead atoms. The van der Waals surface area contributed by atoms with Gasteiger partial charge >= 0.3 is 0 Å². The molecule has 0 aromatic carbocycles. The number of nitrogens with two attached hydrogens (primary N) is 1. The van der Waals surface area contributed by atoms with Gasteiger partial charge in [-0.3, -0.25) is 4.79 Å². The van der Waals surface area contributed by atoms with Gasteiger partial charge in [-0.15, -0.1) is 0 Å². The van der Waals surface area contributed by atoms with Gasteiger partial charge in [-0.2, -0.15) is 9.13 Å². The lowest BCUT2D eigenvalue weighted by molar-refractivity contribution is -0.594. The Bertz CT molecular complexity index is 882. The number of nitrogens with zero attached hydrogens (tertiary/aromatic N) is 3. The molecule has 0 aliphatic carbocycles. The van der Waals surface area contributed by atoms with Gasteiger partial charge in [0.15, 0.2) is 24.8 Å². The molecule has 0 fully saturated rings. The van der Waals surface area contributed by atoms with Crippen LogP contribution >= 0.6 is 11.3 Å². The van der Waals surface area contributed by atoms with Gasteiger partial charge in [-0.25, -0.2) is 0 Å². The smallest absolute Gasteiger partial charge is 0.273 e. The summed E-state index contributed by atoms with van der Waals surface area (Å²) in [5.41, 5.74) is 6.51. The van der Waals surface area contributed by atoms with Crippen LogP contribution in [0.4, 0.5) is 0 Å². The predicted octanol–water partition coefficient (Wildman–Crippen LogP) is -4.78. The van der Waals surface area contributed by atoms with E-state index >= 15 is 0 Å². The van der Waals surface area contributed by atoms with Crippen LogP contribution in [-0.4, -0.2) is 17.3 Å². The van der Waals surface area contributed by atoms with Crippen molar-refractivity contribution in [1.29, 1.82) is 0 Å². The molecule has 130 valence electrons. The van der Waals surface area contributed by atoms with Crippen LogP contribution in [0.15, 0.2) is 66.3 Å². The summed E-state index contributed by atoms with van der Waals surface area (Å²) in [6.07, 6.45) is 8.77. The van der Waals surface area contributed by atoms with Crippen molar-refractivity contribution in [3.05, 3.63) is 72.3 Å². The molecular formula is C16H14Cl2N4O2S. The topological polar surface area (TPSA) is 83.4 Å². The zero-order valence-electron chi connectivity index (χ0n) is 12.8. The second kappa shape index (κ2) is 9.12. The number of thiophene rings is 1. The molecule has 6 nitrogen and oxygen atoms in total. The maximum Gasteiger partial charge on any atom is 0.273 e. The Labute approximate surface area is 160 Å². The Hall–Kier alpha value is -2.48. The number of halogens is 2. The lowest BCUT2D eigenvalue weighted by Gasteiger charge is -1.94. The molecule has 0 spiro atoms. The normalized spacial score (nSPS) is 10.1. The first-order chi connectivity index (χ1) is 11.2. The van der Waals surface area contributed by atoms with Crippen molar-refractivity contribution < 1.29 is 44.0 Å². The Morgan fingerprint density at radius 1 is 1.04 bits per heavy atom. The van der Waals surface area contributed by atoms with Crippen molar-refractivity contribution in [2.45, 2.75) is 0 Å². The zero-order valence-corrected chi connectivity index (χ0v) is 15.1.